The summed E-state index contributed by atoms with van der Waals surface area (Å²) in [7, 11) is 0. The fraction of sp³-hybridized carbons (Fsp3) is 0.571. The van der Waals surface area contributed by atoms with Gasteiger partial charge in [-0.05, 0) is 49.8 Å². The van der Waals surface area contributed by atoms with Gasteiger partial charge >= 0.3 is 0 Å². The molecule has 0 aliphatic carbocycles. The third-order valence-electron chi connectivity index (χ3n) is 3.60. The van der Waals surface area contributed by atoms with Gasteiger partial charge in [0.25, 0.3) is 0 Å². The lowest BCUT2D eigenvalue weighted by Gasteiger charge is -2.18. The second kappa shape index (κ2) is 6.27. The van der Waals surface area contributed by atoms with E-state index in [0.29, 0.717) is 11.7 Å². The minimum atomic E-state index is -0.176. The molecule has 1 aliphatic heterocycles. The number of rotatable bonds is 5. The van der Waals surface area contributed by atoms with Crippen LogP contribution >= 0.6 is 0 Å². The van der Waals surface area contributed by atoms with Crippen LogP contribution in [0.5, 0.6) is 0 Å². The molecule has 1 fully saturated rings. The molecule has 0 radical (unpaired) electrons. The summed E-state index contributed by atoms with van der Waals surface area (Å²) in [5.74, 6) is 5.39. The molecule has 1 saturated heterocycles. The Balaban J connectivity index is 1.96. The second-order valence-electron chi connectivity index (χ2n) is 4.94. The quantitative estimate of drug-likeness (QED) is 0.625. The zero-order chi connectivity index (χ0) is 13.0. The Morgan fingerprint density at radius 2 is 2.39 bits per heavy atom. The fourth-order valence-corrected chi connectivity index (χ4v) is 2.40. The topological polar surface area (TPSA) is 47.3 Å². The molecule has 18 heavy (non-hydrogen) atoms. The molecule has 1 aromatic rings. The molecule has 100 valence electrons. The molecule has 0 saturated carbocycles. The van der Waals surface area contributed by atoms with Crippen LogP contribution in [-0.4, -0.2) is 12.7 Å². The van der Waals surface area contributed by atoms with Crippen molar-refractivity contribution in [3.05, 3.63) is 35.1 Å². The monoisotopic (exact) mass is 252 g/mol. The first-order valence-corrected chi connectivity index (χ1v) is 6.54. The Bertz CT molecular complexity index is 391. The molecule has 0 bridgehead atoms. The van der Waals surface area contributed by atoms with Crippen LogP contribution in [0.4, 0.5) is 4.39 Å². The predicted octanol–water partition coefficient (Wildman–Crippen LogP) is 2.60. The Labute approximate surface area is 107 Å². The van der Waals surface area contributed by atoms with Crippen molar-refractivity contribution < 1.29 is 9.13 Å². The molecule has 0 amide bonds. The largest absolute Gasteiger partial charge is 0.378 e. The van der Waals surface area contributed by atoms with Crippen LogP contribution in [0.3, 0.4) is 0 Å². The van der Waals surface area contributed by atoms with Crippen molar-refractivity contribution in [1.82, 2.24) is 5.43 Å². The number of hydrogen-bond acceptors (Lipinski definition) is 3. The van der Waals surface area contributed by atoms with Crippen molar-refractivity contribution in [3.63, 3.8) is 0 Å². The van der Waals surface area contributed by atoms with Crippen LogP contribution in [-0.2, 0) is 4.74 Å². The van der Waals surface area contributed by atoms with Crippen LogP contribution < -0.4 is 11.3 Å². The fourth-order valence-electron chi connectivity index (χ4n) is 2.40. The highest BCUT2D eigenvalue weighted by Crippen LogP contribution is 2.24. The zero-order valence-corrected chi connectivity index (χ0v) is 10.8. The molecule has 2 unspecified atom stereocenters. The van der Waals surface area contributed by atoms with Crippen molar-refractivity contribution >= 4 is 0 Å². The molecule has 2 rings (SSSR count). The molecule has 1 aliphatic rings. The first kappa shape index (κ1) is 13.5. The molecule has 3 N–H and O–H groups in total. The van der Waals surface area contributed by atoms with E-state index in [1.807, 2.05) is 6.07 Å². The maximum absolute atomic E-state index is 13.5. The van der Waals surface area contributed by atoms with E-state index in [4.69, 9.17) is 10.6 Å². The summed E-state index contributed by atoms with van der Waals surface area (Å²) < 4.78 is 19.1. The standard InChI is InChI=1S/C14H21FN2O/c1-10-4-5-11(9-13(10)15)14(17-16)7-6-12-3-2-8-18-12/h4-5,9,12,14,17H,2-3,6-8,16H2,1H3. The predicted molar refractivity (Wildman–Crippen MR) is 69.4 cm³/mol. The normalized spacial score (nSPS) is 21.2. The number of hydrogen-bond donors (Lipinski definition) is 2. The zero-order valence-electron chi connectivity index (χ0n) is 10.8. The third kappa shape index (κ3) is 3.28. The van der Waals surface area contributed by atoms with E-state index in [1.165, 1.54) is 0 Å². The number of hydrazine groups is 1. The highest BCUT2D eigenvalue weighted by atomic mass is 19.1. The number of benzene rings is 1. The van der Waals surface area contributed by atoms with Gasteiger partial charge in [0.15, 0.2) is 0 Å². The van der Waals surface area contributed by atoms with Crippen LogP contribution in [0.2, 0.25) is 0 Å². The maximum Gasteiger partial charge on any atom is 0.126 e. The van der Waals surface area contributed by atoms with Crippen LogP contribution in [0.15, 0.2) is 18.2 Å². The summed E-state index contributed by atoms with van der Waals surface area (Å²) in [4.78, 5) is 0. The van der Waals surface area contributed by atoms with E-state index in [-0.39, 0.29) is 11.9 Å². The summed E-state index contributed by atoms with van der Waals surface area (Å²) >= 11 is 0. The van der Waals surface area contributed by atoms with Crippen molar-refractivity contribution in [2.45, 2.75) is 44.8 Å². The van der Waals surface area contributed by atoms with Gasteiger partial charge in [0.1, 0.15) is 5.82 Å². The lowest BCUT2D eigenvalue weighted by Crippen LogP contribution is -2.29. The van der Waals surface area contributed by atoms with E-state index in [0.717, 1.165) is 37.9 Å². The van der Waals surface area contributed by atoms with Crippen molar-refractivity contribution in [1.29, 1.82) is 0 Å². The highest BCUT2D eigenvalue weighted by molar-refractivity contribution is 5.25. The van der Waals surface area contributed by atoms with Crippen molar-refractivity contribution in [2.75, 3.05) is 6.61 Å². The van der Waals surface area contributed by atoms with E-state index in [9.17, 15) is 4.39 Å². The summed E-state index contributed by atoms with van der Waals surface area (Å²) in [6, 6.07) is 5.28. The van der Waals surface area contributed by atoms with Gasteiger partial charge in [-0.15, -0.1) is 0 Å². The van der Waals surface area contributed by atoms with Crippen LogP contribution in [0.25, 0.3) is 0 Å². The molecule has 1 heterocycles. The highest BCUT2D eigenvalue weighted by Gasteiger charge is 2.18. The summed E-state index contributed by atoms with van der Waals surface area (Å²) in [6.07, 6.45) is 4.44. The smallest absolute Gasteiger partial charge is 0.126 e. The summed E-state index contributed by atoms with van der Waals surface area (Å²) in [6.45, 7) is 2.63. The number of nitrogens with two attached hydrogens (primary N) is 1. The average molecular weight is 252 g/mol. The van der Waals surface area contributed by atoms with Gasteiger partial charge in [0.05, 0.1) is 6.10 Å². The van der Waals surface area contributed by atoms with E-state index in [1.54, 1.807) is 19.1 Å². The van der Waals surface area contributed by atoms with E-state index < -0.39 is 0 Å². The minimum absolute atomic E-state index is 0.00991. The Hall–Kier alpha value is -0.970. The SMILES string of the molecule is Cc1ccc(C(CCC2CCCO2)NN)cc1F. The second-order valence-corrected chi connectivity index (χ2v) is 4.94. The molecule has 0 spiro atoms. The van der Waals surface area contributed by atoms with Gasteiger partial charge in [-0.3, -0.25) is 11.3 Å². The van der Waals surface area contributed by atoms with Gasteiger partial charge < -0.3 is 4.74 Å². The number of halogens is 1. The molecule has 1 aromatic carbocycles. The first-order chi connectivity index (χ1) is 8.70. The molecule has 2 atom stereocenters. The number of ether oxygens (including phenoxy) is 1. The van der Waals surface area contributed by atoms with Crippen molar-refractivity contribution in [2.24, 2.45) is 5.84 Å². The number of nitrogens with one attached hydrogen (secondary N) is 1. The lowest BCUT2D eigenvalue weighted by molar-refractivity contribution is 0.0996. The van der Waals surface area contributed by atoms with Gasteiger partial charge in [0, 0.05) is 12.6 Å². The Morgan fingerprint density at radius 1 is 1.56 bits per heavy atom. The Kier molecular flexibility index (Phi) is 4.69. The van der Waals surface area contributed by atoms with Gasteiger partial charge in [-0.1, -0.05) is 12.1 Å². The van der Waals surface area contributed by atoms with E-state index >= 15 is 0 Å². The first-order valence-electron chi connectivity index (χ1n) is 6.54. The summed E-state index contributed by atoms with van der Waals surface area (Å²) in [5, 5.41) is 0. The molecule has 3 nitrogen and oxygen atoms in total. The molecule has 4 heteroatoms. The third-order valence-corrected chi connectivity index (χ3v) is 3.60. The van der Waals surface area contributed by atoms with Gasteiger partial charge in [0.2, 0.25) is 0 Å². The average Bonchev–Trinajstić information content (AvgIpc) is 2.87. The van der Waals surface area contributed by atoms with Crippen molar-refractivity contribution in [3.8, 4) is 0 Å². The van der Waals surface area contributed by atoms with Gasteiger partial charge in [-0.2, -0.15) is 0 Å². The van der Waals surface area contributed by atoms with E-state index in [2.05, 4.69) is 5.43 Å². The molecule has 0 aromatic heterocycles. The van der Waals surface area contributed by atoms with Crippen LogP contribution in [0, 0.1) is 12.7 Å². The lowest BCUT2D eigenvalue weighted by atomic mass is 9.98. The minimum Gasteiger partial charge on any atom is -0.378 e. The van der Waals surface area contributed by atoms with Gasteiger partial charge in [-0.25, -0.2) is 4.39 Å². The van der Waals surface area contributed by atoms with Crippen LogP contribution in [0.1, 0.15) is 42.9 Å². The molecular weight excluding hydrogens is 231 g/mol. The maximum atomic E-state index is 13.5. The Morgan fingerprint density at radius 3 is 3.00 bits per heavy atom. The molecular formula is C14H21FN2O. The number of aryl methyl sites for hydroxylation is 1. The summed E-state index contributed by atoms with van der Waals surface area (Å²) in [5.41, 5.74) is 4.33.